The Hall–Kier alpha value is -2.19. The van der Waals surface area contributed by atoms with Crippen molar-refractivity contribution in [3.05, 3.63) is 48.0 Å². The predicted octanol–water partition coefficient (Wildman–Crippen LogP) is 1.72. The molecule has 0 fully saturated rings. The van der Waals surface area contributed by atoms with Gasteiger partial charge in [0, 0.05) is 12.2 Å². The highest BCUT2D eigenvalue weighted by atomic mass is 32.2. The van der Waals surface area contributed by atoms with Crippen LogP contribution in [-0.2, 0) is 29.1 Å². The van der Waals surface area contributed by atoms with E-state index in [1.54, 1.807) is 51.1 Å². The Morgan fingerprint density at radius 1 is 1.12 bits per heavy atom. The zero-order valence-electron chi connectivity index (χ0n) is 14.7. The smallest absolute Gasteiger partial charge is 0.331 e. The molecule has 1 aromatic carbocycles. The minimum atomic E-state index is -3.66. The molecule has 0 heterocycles. The molecule has 1 aromatic rings. The summed E-state index contributed by atoms with van der Waals surface area (Å²) in [5.74, 6) is -1.47. The van der Waals surface area contributed by atoms with Crippen LogP contribution in [0.2, 0.25) is 0 Å². The fraction of sp³-hybridized carbons (Fsp3) is 0.412. The number of rotatable bonds is 7. The lowest BCUT2D eigenvalue weighted by atomic mass is 10.1. The minimum Gasteiger partial charge on any atom is -0.466 e. The van der Waals surface area contributed by atoms with E-state index in [1.165, 1.54) is 7.11 Å². The average Bonchev–Trinajstić information content (AvgIpc) is 2.56. The van der Waals surface area contributed by atoms with Crippen molar-refractivity contribution in [2.75, 3.05) is 13.7 Å². The highest BCUT2D eigenvalue weighted by Crippen LogP contribution is 2.20. The second-order valence-corrected chi connectivity index (χ2v) is 8.65. The number of esters is 2. The Balaban J connectivity index is 2.89. The maximum atomic E-state index is 12.4. The minimum absolute atomic E-state index is 0.219. The van der Waals surface area contributed by atoms with Gasteiger partial charge in [0.2, 0.25) is 10.0 Å². The van der Waals surface area contributed by atoms with Crippen LogP contribution in [-0.4, -0.2) is 38.8 Å². The Morgan fingerprint density at radius 3 is 2.20 bits per heavy atom. The Morgan fingerprint density at radius 2 is 1.68 bits per heavy atom. The maximum Gasteiger partial charge on any atom is 0.331 e. The summed E-state index contributed by atoms with van der Waals surface area (Å²) in [6, 6.07) is 8.02. The largest absolute Gasteiger partial charge is 0.466 e. The van der Waals surface area contributed by atoms with Gasteiger partial charge in [0.25, 0.3) is 0 Å². The first kappa shape index (κ1) is 20.9. The number of ether oxygens (including phenoxy) is 2. The summed E-state index contributed by atoms with van der Waals surface area (Å²) in [7, 11) is -2.47. The fourth-order valence-electron chi connectivity index (χ4n) is 1.67. The van der Waals surface area contributed by atoms with Crippen LogP contribution in [0.1, 0.15) is 32.4 Å². The van der Waals surface area contributed by atoms with Gasteiger partial charge in [-0.3, -0.25) is 0 Å². The Labute approximate surface area is 148 Å². The van der Waals surface area contributed by atoms with Gasteiger partial charge in [-0.25, -0.2) is 22.7 Å². The van der Waals surface area contributed by atoms with Gasteiger partial charge in [-0.2, -0.15) is 0 Å². The Kier molecular flexibility index (Phi) is 7.32. The molecular weight excluding hydrogens is 346 g/mol. The second-order valence-electron chi connectivity index (χ2n) is 6.18. The quantitative estimate of drug-likeness (QED) is 0.580. The van der Waals surface area contributed by atoms with Crippen LogP contribution >= 0.6 is 0 Å². The number of methoxy groups -OCH3 is 1. The SMILES string of the molecule is COC(=O)C=CC(=O)OCC(NS(=O)(=O)C(C)(C)C)c1ccccc1. The van der Waals surface area contributed by atoms with E-state index in [1.807, 2.05) is 0 Å². The molecule has 0 radical (unpaired) electrons. The molecule has 1 rings (SSSR count). The van der Waals surface area contributed by atoms with Crippen molar-refractivity contribution >= 4 is 22.0 Å². The van der Waals surface area contributed by atoms with E-state index in [0.29, 0.717) is 5.56 Å². The first-order valence-electron chi connectivity index (χ1n) is 7.56. The molecule has 25 heavy (non-hydrogen) atoms. The zero-order chi connectivity index (χ0) is 19.1. The molecule has 1 atom stereocenters. The van der Waals surface area contributed by atoms with Gasteiger partial charge in [-0.15, -0.1) is 0 Å². The molecule has 0 aromatic heterocycles. The molecule has 0 spiro atoms. The fourth-order valence-corrected chi connectivity index (χ4v) is 2.60. The molecule has 0 aliphatic carbocycles. The third kappa shape index (κ3) is 6.67. The molecule has 0 saturated heterocycles. The van der Waals surface area contributed by atoms with Crippen LogP contribution in [0.15, 0.2) is 42.5 Å². The van der Waals surface area contributed by atoms with E-state index in [-0.39, 0.29) is 6.61 Å². The van der Waals surface area contributed by atoms with E-state index < -0.39 is 32.8 Å². The summed E-state index contributed by atoms with van der Waals surface area (Å²) in [5.41, 5.74) is 0.653. The Bertz CT molecular complexity index is 719. The monoisotopic (exact) mass is 369 g/mol. The van der Waals surface area contributed by atoms with Crippen LogP contribution in [0.4, 0.5) is 0 Å². The molecule has 0 saturated carbocycles. The number of nitrogens with one attached hydrogen (secondary N) is 1. The molecule has 0 aliphatic rings. The molecule has 7 nitrogen and oxygen atoms in total. The van der Waals surface area contributed by atoms with Gasteiger partial charge in [0.15, 0.2) is 0 Å². The standard InChI is InChI=1S/C17H23NO6S/c1-17(2,3)25(21,22)18-14(13-8-6-5-7-9-13)12-24-16(20)11-10-15(19)23-4/h5-11,14,18H,12H2,1-4H3. The second kappa shape index (κ2) is 8.77. The molecule has 0 bridgehead atoms. The van der Waals surface area contributed by atoms with Crippen molar-refractivity contribution in [2.45, 2.75) is 31.6 Å². The van der Waals surface area contributed by atoms with Gasteiger partial charge < -0.3 is 9.47 Å². The van der Waals surface area contributed by atoms with E-state index in [4.69, 9.17) is 4.74 Å². The van der Waals surface area contributed by atoms with Gasteiger partial charge in [0.1, 0.15) is 6.61 Å². The van der Waals surface area contributed by atoms with E-state index >= 15 is 0 Å². The molecular formula is C17H23NO6S. The molecule has 0 amide bonds. The first-order chi connectivity index (χ1) is 11.6. The van der Waals surface area contributed by atoms with E-state index in [9.17, 15) is 18.0 Å². The molecule has 138 valence electrons. The van der Waals surface area contributed by atoms with Crippen molar-refractivity contribution in [2.24, 2.45) is 0 Å². The number of hydrogen-bond acceptors (Lipinski definition) is 6. The zero-order valence-corrected chi connectivity index (χ0v) is 15.5. The van der Waals surface area contributed by atoms with Gasteiger partial charge in [0.05, 0.1) is 17.9 Å². The topological polar surface area (TPSA) is 98.8 Å². The lowest BCUT2D eigenvalue weighted by Crippen LogP contribution is -2.42. The van der Waals surface area contributed by atoms with Crippen LogP contribution in [0.3, 0.4) is 0 Å². The number of carbonyl (C=O) groups excluding carboxylic acids is 2. The van der Waals surface area contributed by atoms with Crippen molar-refractivity contribution in [3.63, 3.8) is 0 Å². The lowest BCUT2D eigenvalue weighted by molar-refractivity contribution is -0.139. The third-order valence-corrected chi connectivity index (χ3v) is 5.46. The number of carbonyl (C=O) groups is 2. The molecule has 1 N–H and O–H groups in total. The molecule has 1 unspecified atom stereocenters. The maximum absolute atomic E-state index is 12.4. The van der Waals surface area contributed by atoms with E-state index in [0.717, 1.165) is 12.2 Å². The summed E-state index contributed by atoms with van der Waals surface area (Å²) in [4.78, 5) is 22.6. The van der Waals surface area contributed by atoms with Crippen LogP contribution in [0, 0.1) is 0 Å². The number of sulfonamides is 1. The number of benzene rings is 1. The normalized spacial score (nSPS) is 13.4. The first-order valence-corrected chi connectivity index (χ1v) is 9.05. The summed E-state index contributed by atoms with van der Waals surface area (Å²) in [6.07, 6.45) is 1.85. The predicted molar refractivity (Wildman–Crippen MR) is 93.1 cm³/mol. The van der Waals surface area contributed by atoms with E-state index in [2.05, 4.69) is 9.46 Å². The highest BCUT2D eigenvalue weighted by Gasteiger charge is 2.32. The van der Waals surface area contributed by atoms with Gasteiger partial charge in [-0.05, 0) is 26.3 Å². The summed E-state index contributed by atoms with van der Waals surface area (Å²) < 4.78 is 35.8. The van der Waals surface area contributed by atoms with Crippen molar-refractivity contribution in [1.82, 2.24) is 4.72 Å². The highest BCUT2D eigenvalue weighted by molar-refractivity contribution is 7.90. The van der Waals surface area contributed by atoms with Gasteiger partial charge >= 0.3 is 11.9 Å². The van der Waals surface area contributed by atoms with Gasteiger partial charge in [-0.1, -0.05) is 30.3 Å². The summed E-state index contributed by atoms with van der Waals surface area (Å²) in [5, 5.41) is 0. The average molecular weight is 369 g/mol. The van der Waals surface area contributed by atoms with Crippen LogP contribution in [0.25, 0.3) is 0 Å². The lowest BCUT2D eigenvalue weighted by Gasteiger charge is -2.25. The van der Waals surface area contributed by atoms with Crippen molar-refractivity contribution < 1.29 is 27.5 Å². The molecule has 8 heteroatoms. The summed E-state index contributed by atoms with van der Waals surface area (Å²) >= 11 is 0. The van der Waals surface area contributed by atoms with Crippen molar-refractivity contribution in [3.8, 4) is 0 Å². The van der Waals surface area contributed by atoms with Crippen LogP contribution in [0.5, 0.6) is 0 Å². The van der Waals surface area contributed by atoms with Crippen molar-refractivity contribution in [1.29, 1.82) is 0 Å². The molecule has 0 aliphatic heterocycles. The number of hydrogen-bond donors (Lipinski definition) is 1. The summed E-state index contributed by atoms with van der Waals surface area (Å²) in [6.45, 7) is 4.50. The van der Waals surface area contributed by atoms with Crippen LogP contribution < -0.4 is 4.72 Å². The third-order valence-electron chi connectivity index (χ3n) is 3.25.